The number of aromatic nitrogens is 1. The van der Waals surface area contributed by atoms with Crippen molar-refractivity contribution in [3.05, 3.63) is 58.4 Å². The first kappa shape index (κ1) is 21.2. The summed E-state index contributed by atoms with van der Waals surface area (Å²) >= 11 is 6.16. The van der Waals surface area contributed by atoms with Gasteiger partial charge in [0.1, 0.15) is 0 Å². The van der Waals surface area contributed by atoms with Crippen LogP contribution in [0, 0.1) is 13.8 Å². The highest BCUT2D eigenvalue weighted by Crippen LogP contribution is 2.29. The van der Waals surface area contributed by atoms with Crippen LogP contribution in [0.1, 0.15) is 36.5 Å². The smallest absolute Gasteiger partial charge is 0.243 e. The van der Waals surface area contributed by atoms with E-state index in [4.69, 9.17) is 11.6 Å². The van der Waals surface area contributed by atoms with Gasteiger partial charge in [0, 0.05) is 43.1 Å². The van der Waals surface area contributed by atoms with Crippen molar-refractivity contribution in [3.8, 4) is 0 Å². The molecule has 0 spiro atoms. The summed E-state index contributed by atoms with van der Waals surface area (Å²) in [5.41, 5.74) is 2.68. The third kappa shape index (κ3) is 4.57. The zero-order valence-corrected chi connectivity index (χ0v) is 18.3. The van der Waals surface area contributed by atoms with E-state index in [1.165, 1.54) is 5.56 Å². The van der Waals surface area contributed by atoms with Crippen LogP contribution in [0.25, 0.3) is 0 Å². The van der Waals surface area contributed by atoms with E-state index in [-0.39, 0.29) is 6.04 Å². The maximum absolute atomic E-state index is 13.3. The highest BCUT2D eigenvalue weighted by atomic mass is 35.5. The molecule has 5 nitrogen and oxygen atoms in total. The second kappa shape index (κ2) is 8.91. The first-order valence-corrected chi connectivity index (χ1v) is 11.5. The lowest BCUT2D eigenvalue weighted by Crippen LogP contribution is -2.49. The van der Waals surface area contributed by atoms with Gasteiger partial charge < -0.3 is 0 Å². The van der Waals surface area contributed by atoms with Crippen LogP contribution in [0.4, 0.5) is 0 Å². The van der Waals surface area contributed by atoms with Crippen LogP contribution in [0.3, 0.4) is 0 Å². The molecule has 1 unspecified atom stereocenters. The summed E-state index contributed by atoms with van der Waals surface area (Å²) < 4.78 is 28.3. The Hall–Kier alpha value is -1.47. The number of hydrogen-bond acceptors (Lipinski definition) is 4. The van der Waals surface area contributed by atoms with Crippen LogP contribution in [0.2, 0.25) is 5.02 Å². The Morgan fingerprint density at radius 3 is 2.61 bits per heavy atom. The van der Waals surface area contributed by atoms with Gasteiger partial charge in [0.2, 0.25) is 10.0 Å². The quantitative estimate of drug-likeness (QED) is 0.706. The van der Waals surface area contributed by atoms with Gasteiger partial charge in [-0.25, -0.2) is 8.42 Å². The topological polar surface area (TPSA) is 53.5 Å². The lowest BCUT2D eigenvalue weighted by atomic mass is 10.1. The molecule has 152 valence electrons. The summed E-state index contributed by atoms with van der Waals surface area (Å²) in [6.07, 6.45) is 5.46. The van der Waals surface area contributed by atoms with E-state index in [0.29, 0.717) is 28.6 Å². The molecule has 1 fully saturated rings. The molecule has 0 N–H and O–H groups in total. The first-order valence-electron chi connectivity index (χ1n) is 9.72. The molecule has 3 rings (SSSR count). The summed E-state index contributed by atoms with van der Waals surface area (Å²) in [5.74, 6) is 0. The van der Waals surface area contributed by atoms with Crippen molar-refractivity contribution in [2.75, 3.05) is 19.6 Å². The lowest BCUT2D eigenvalue weighted by Gasteiger charge is -2.38. The predicted molar refractivity (Wildman–Crippen MR) is 113 cm³/mol. The fourth-order valence-electron chi connectivity index (χ4n) is 3.83. The van der Waals surface area contributed by atoms with Gasteiger partial charge in [-0.2, -0.15) is 4.31 Å². The van der Waals surface area contributed by atoms with Crippen molar-refractivity contribution in [3.63, 3.8) is 0 Å². The molecule has 2 heterocycles. The van der Waals surface area contributed by atoms with Gasteiger partial charge in [-0.15, -0.1) is 0 Å². The van der Waals surface area contributed by atoms with Gasteiger partial charge in [-0.3, -0.25) is 9.88 Å². The van der Waals surface area contributed by atoms with E-state index in [2.05, 4.69) is 16.8 Å². The SMILES string of the molecule is CCN(Cc1ccncc1)C1CCCN(S(=O)(=O)c2cc(C)c(Cl)cc2C)C1. The number of hydrogen-bond donors (Lipinski definition) is 0. The Balaban J connectivity index is 1.81. The molecular formula is C21H28ClN3O2S. The van der Waals surface area contributed by atoms with Gasteiger partial charge in [-0.1, -0.05) is 18.5 Å². The third-order valence-electron chi connectivity index (χ3n) is 5.49. The number of benzene rings is 1. The second-order valence-corrected chi connectivity index (χ2v) is 9.76. The zero-order chi connectivity index (χ0) is 20.3. The van der Waals surface area contributed by atoms with Crippen LogP contribution >= 0.6 is 11.6 Å². The van der Waals surface area contributed by atoms with E-state index in [1.807, 2.05) is 19.1 Å². The van der Waals surface area contributed by atoms with E-state index in [9.17, 15) is 8.42 Å². The van der Waals surface area contributed by atoms with Gasteiger partial charge in [-0.05, 0) is 74.2 Å². The van der Waals surface area contributed by atoms with Crippen LogP contribution in [0.5, 0.6) is 0 Å². The number of halogens is 1. The molecule has 28 heavy (non-hydrogen) atoms. The molecule has 1 aromatic heterocycles. The van der Waals surface area contributed by atoms with Gasteiger partial charge in [0.15, 0.2) is 0 Å². The molecule has 1 saturated heterocycles. The summed E-state index contributed by atoms with van der Waals surface area (Å²) in [6, 6.07) is 7.67. The molecule has 0 saturated carbocycles. The summed E-state index contributed by atoms with van der Waals surface area (Å²) in [7, 11) is -3.54. The number of likely N-dealkylation sites (N-methyl/N-ethyl adjacent to an activating group) is 1. The highest BCUT2D eigenvalue weighted by Gasteiger charge is 2.33. The fourth-order valence-corrected chi connectivity index (χ4v) is 5.86. The maximum atomic E-state index is 13.3. The molecule has 0 aliphatic carbocycles. The molecule has 0 radical (unpaired) electrons. The largest absolute Gasteiger partial charge is 0.295 e. The maximum Gasteiger partial charge on any atom is 0.243 e. The summed E-state index contributed by atoms with van der Waals surface area (Å²) in [5, 5.41) is 0.600. The molecule has 1 aliphatic heterocycles. The summed E-state index contributed by atoms with van der Waals surface area (Å²) in [6.45, 7) is 8.53. The zero-order valence-electron chi connectivity index (χ0n) is 16.7. The number of pyridine rings is 1. The first-order chi connectivity index (χ1) is 13.3. The minimum absolute atomic E-state index is 0.204. The number of sulfonamides is 1. The van der Waals surface area contributed by atoms with Crippen LogP contribution in [-0.2, 0) is 16.6 Å². The second-order valence-electron chi connectivity index (χ2n) is 7.44. The van der Waals surface area contributed by atoms with Crippen molar-refractivity contribution in [2.45, 2.75) is 51.1 Å². The van der Waals surface area contributed by atoms with Crippen molar-refractivity contribution in [1.82, 2.24) is 14.2 Å². The normalized spacial score (nSPS) is 18.5. The van der Waals surface area contributed by atoms with Crippen molar-refractivity contribution in [2.24, 2.45) is 0 Å². The highest BCUT2D eigenvalue weighted by molar-refractivity contribution is 7.89. The molecule has 1 atom stereocenters. The average molecular weight is 422 g/mol. The molecule has 1 aromatic carbocycles. The third-order valence-corrected chi connectivity index (χ3v) is 7.91. The summed E-state index contributed by atoms with van der Waals surface area (Å²) in [4.78, 5) is 6.80. The van der Waals surface area contributed by atoms with Crippen molar-refractivity contribution >= 4 is 21.6 Å². The molecular weight excluding hydrogens is 394 g/mol. The number of rotatable bonds is 6. The average Bonchev–Trinajstić information content (AvgIpc) is 2.69. The van der Waals surface area contributed by atoms with E-state index >= 15 is 0 Å². The Bertz CT molecular complexity index is 919. The van der Waals surface area contributed by atoms with Crippen LogP contribution in [0.15, 0.2) is 41.6 Å². The van der Waals surface area contributed by atoms with E-state index in [0.717, 1.165) is 31.5 Å². The lowest BCUT2D eigenvalue weighted by molar-refractivity contribution is 0.134. The van der Waals surface area contributed by atoms with Gasteiger partial charge in [0.05, 0.1) is 4.90 Å². The van der Waals surface area contributed by atoms with E-state index in [1.54, 1.807) is 35.8 Å². The van der Waals surface area contributed by atoms with Crippen molar-refractivity contribution in [1.29, 1.82) is 0 Å². The standard InChI is InChI=1S/C21H28ClN3O2S/c1-4-24(14-18-7-9-23-10-8-18)19-6-5-11-25(15-19)28(26,27)21-13-16(2)20(22)12-17(21)3/h7-10,12-13,19H,4-6,11,14-15H2,1-3H3. The molecule has 0 amide bonds. The minimum atomic E-state index is -3.54. The Kier molecular flexibility index (Phi) is 6.76. The Morgan fingerprint density at radius 1 is 1.21 bits per heavy atom. The molecule has 7 heteroatoms. The van der Waals surface area contributed by atoms with Gasteiger partial charge >= 0.3 is 0 Å². The number of piperidine rings is 1. The monoisotopic (exact) mass is 421 g/mol. The van der Waals surface area contributed by atoms with Crippen LogP contribution in [-0.4, -0.2) is 48.3 Å². The number of nitrogens with zero attached hydrogens (tertiary/aromatic N) is 3. The van der Waals surface area contributed by atoms with Gasteiger partial charge in [0.25, 0.3) is 0 Å². The van der Waals surface area contributed by atoms with Crippen LogP contribution < -0.4 is 0 Å². The minimum Gasteiger partial charge on any atom is -0.295 e. The Morgan fingerprint density at radius 2 is 1.93 bits per heavy atom. The fraction of sp³-hybridized carbons (Fsp3) is 0.476. The van der Waals surface area contributed by atoms with E-state index < -0.39 is 10.0 Å². The van der Waals surface area contributed by atoms with Crippen molar-refractivity contribution < 1.29 is 8.42 Å². The predicted octanol–water partition coefficient (Wildman–Crippen LogP) is 4.03. The molecule has 2 aromatic rings. The Labute approximate surface area is 173 Å². The molecule has 0 bridgehead atoms. The number of aryl methyl sites for hydroxylation is 2. The molecule has 1 aliphatic rings.